The highest BCUT2D eigenvalue weighted by molar-refractivity contribution is 8.01. The Balaban J connectivity index is 2.51. The zero-order chi connectivity index (χ0) is 12.0. The molecule has 0 saturated carbocycles. The number of thioether (sulfide) groups is 1. The fraction of sp³-hybridized carbons (Fsp3) is 0.818. The molecule has 2 atom stereocenters. The second-order valence-electron chi connectivity index (χ2n) is 3.73. The SMILES string of the molecule is CCNC(CC)C(C)Sc1nc(CC)ns1. The van der Waals surface area contributed by atoms with Crippen LogP contribution in [-0.2, 0) is 6.42 Å². The van der Waals surface area contributed by atoms with E-state index in [9.17, 15) is 0 Å². The average molecular weight is 259 g/mol. The highest BCUT2D eigenvalue weighted by Gasteiger charge is 2.17. The molecule has 0 aliphatic carbocycles. The van der Waals surface area contributed by atoms with Gasteiger partial charge in [0.15, 0.2) is 4.34 Å². The van der Waals surface area contributed by atoms with Crippen LogP contribution in [0.25, 0.3) is 0 Å². The smallest absolute Gasteiger partial charge is 0.170 e. The molecular formula is C11H21N3S2. The van der Waals surface area contributed by atoms with Crippen LogP contribution in [0.5, 0.6) is 0 Å². The highest BCUT2D eigenvalue weighted by atomic mass is 32.2. The lowest BCUT2D eigenvalue weighted by Gasteiger charge is -2.21. The summed E-state index contributed by atoms with van der Waals surface area (Å²) in [5, 5.41) is 4.05. The highest BCUT2D eigenvalue weighted by Crippen LogP contribution is 2.27. The molecule has 5 heteroatoms. The molecule has 0 aliphatic heterocycles. The zero-order valence-corrected chi connectivity index (χ0v) is 12.1. The van der Waals surface area contributed by atoms with Gasteiger partial charge >= 0.3 is 0 Å². The van der Waals surface area contributed by atoms with Crippen LogP contribution < -0.4 is 5.32 Å². The zero-order valence-electron chi connectivity index (χ0n) is 10.5. The number of aromatic nitrogens is 2. The van der Waals surface area contributed by atoms with Crippen LogP contribution in [0.4, 0.5) is 0 Å². The first-order chi connectivity index (χ1) is 7.71. The molecular weight excluding hydrogens is 238 g/mol. The lowest BCUT2D eigenvalue weighted by Crippen LogP contribution is -2.35. The molecule has 0 bridgehead atoms. The third-order valence-electron chi connectivity index (χ3n) is 2.53. The van der Waals surface area contributed by atoms with E-state index in [2.05, 4.69) is 42.4 Å². The van der Waals surface area contributed by atoms with E-state index < -0.39 is 0 Å². The largest absolute Gasteiger partial charge is 0.313 e. The number of hydrogen-bond donors (Lipinski definition) is 1. The minimum absolute atomic E-state index is 0.544. The molecule has 1 aromatic rings. The van der Waals surface area contributed by atoms with Gasteiger partial charge in [-0.15, -0.1) is 0 Å². The van der Waals surface area contributed by atoms with E-state index in [0.717, 1.165) is 29.6 Å². The van der Waals surface area contributed by atoms with Gasteiger partial charge in [-0.1, -0.05) is 39.5 Å². The molecule has 1 N–H and O–H groups in total. The molecule has 0 aromatic carbocycles. The van der Waals surface area contributed by atoms with Gasteiger partial charge in [0.25, 0.3) is 0 Å². The minimum Gasteiger partial charge on any atom is -0.313 e. The number of nitrogens with one attached hydrogen (secondary N) is 1. The van der Waals surface area contributed by atoms with Crippen molar-refractivity contribution in [3.05, 3.63) is 5.82 Å². The number of aryl methyl sites for hydroxylation is 1. The summed E-state index contributed by atoms with van der Waals surface area (Å²) in [4.78, 5) is 4.49. The van der Waals surface area contributed by atoms with E-state index in [-0.39, 0.29) is 0 Å². The summed E-state index contributed by atoms with van der Waals surface area (Å²) in [6.07, 6.45) is 2.08. The molecule has 0 amide bonds. The van der Waals surface area contributed by atoms with Gasteiger partial charge in [0, 0.05) is 17.7 Å². The lowest BCUT2D eigenvalue weighted by molar-refractivity contribution is 0.509. The summed E-state index contributed by atoms with van der Waals surface area (Å²) in [6.45, 7) is 9.75. The topological polar surface area (TPSA) is 37.8 Å². The van der Waals surface area contributed by atoms with Gasteiger partial charge in [-0.05, 0) is 24.5 Å². The standard InChI is InChI=1S/C11H21N3S2/c1-5-9(12-7-3)8(4)15-11-13-10(6-2)14-16-11/h8-9,12H,5-7H2,1-4H3. The van der Waals surface area contributed by atoms with Gasteiger partial charge in [-0.2, -0.15) is 4.37 Å². The molecule has 3 nitrogen and oxygen atoms in total. The fourth-order valence-electron chi connectivity index (χ4n) is 1.57. The Labute approximate surface area is 107 Å². The number of nitrogens with zero attached hydrogens (tertiary/aromatic N) is 2. The first-order valence-electron chi connectivity index (χ1n) is 5.93. The number of hydrogen-bond acceptors (Lipinski definition) is 5. The predicted molar refractivity (Wildman–Crippen MR) is 72.4 cm³/mol. The number of rotatable bonds is 7. The van der Waals surface area contributed by atoms with Crippen LogP contribution in [0.3, 0.4) is 0 Å². The van der Waals surface area contributed by atoms with E-state index in [4.69, 9.17) is 0 Å². The normalized spacial score (nSPS) is 15.0. The molecule has 16 heavy (non-hydrogen) atoms. The van der Waals surface area contributed by atoms with Crippen molar-refractivity contribution in [1.82, 2.24) is 14.7 Å². The molecule has 92 valence electrons. The second kappa shape index (κ2) is 7.25. The van der Waals surface area contributed by atoms with E-state index in [1.807, 2.05) is 11.8 Å². The van der Waals surface area contributed by atoms with E-state index in [1.54, 1.807) is 0 Å². The Hall–Kier alpha value is -0.130. The molecule has 0 radical (unpaired) electrons. The maximum Gasteiger partial charge on any atom is 0.170 e. The summed E-state index contributed by atoms with van der Waals surface area (Å²) in [7, 11) is 0. The van der Waals surface area contributed by atoms with Crippen molar-refractivity contribution in [2.75, 3.05) is 6.54 Å². The molecule has 1 rings (SSSR count). The van der Waals surface area contributed by atoms with Crippen LogP contribution in [0, 0.1) is 0 Å². The first-order valence-corrected chi connectivity index (χ1v) is 7.59. The molecule has 1 heterocycles. The van der Waals surface area contributed by atoms with E-state index in [1.165, 1.54) is 11.5 Å². The minimum atomic E-state index is 0.544. The van der Waals surface area contributed by atoms with Crippen LogP contribution in [0.1, 0.15) is 39.9 Å². The Bertz CT molecular complexity index is 301. The van der Waals surface area contributed by atoms with Gasteiger partial charge < -0.3 is 5.32 Å². The molecule has 0 aliphatic rings. The summed E-state index contributed by atoms with van der Waals surface area (Å²) in [5.74, 6) is 0.969. The summed E-state index contributed by atoms with van der Waals surface area (Å²) >= 11 is 3.36. The third kappa shape index (κ3) is 4.03. The molecule has 0 saturated heterocycles. The summed E-state index contributed by atoms with van der Waals surface area (Å²) in [6, 6.07) is 0.559. The van der Waals surface area contributed by atoms with Crippen molar-refractivity contribution in [3.63, 3.8) is 0 Å². The van der Waals surface area contributed by atoms with Gasteiger partial charge in [-0.25, -0.2) is 4.98 Å². The molecule has 0 spiro atoms. The van der Waals surface area contributed by atoms with Crippen molar-refractivity contribution in [2.45, 2.75) is 56.2 Å². The van der Waals surface area contributed by atoms with Gasteiger partial charge in [-0.3, -0.25) is 0 Å². The van der Waals surface area contributed by atoms with Crippen molar-refractivity contribution < 1.29 is 0 Å². The van der Waals surface area contributed by atoms with Crippen molar-refractivity contribution in [1.29, 1.82) is 0 Å². The van der Waals surface area contributed by atoms with Gasteiger partial charge in [0.05, 0.1) is 0 Å². The third-order valence-corrected chi connectivity index (χ3v) is 4.58. The molecule has 2 unspecified atom stereocenters. The van der Waals surface area contributed by atoms with Crippen LogP contribution in [-0.4, -0.2) is 27.2 Å². The van der Waals surface area contributed by atoms with E-state index >= 15 is 0 Å². The van der Waals surface area contributed by atoms with Crippen molar-refractivity contribution in [2.24, 2.45) is 0 Å². The van der Waals surface area contributed by atoms with Gasteiger partial charge in [0.1, 0.15) is 5.82 Å². The lowest BCUT2D eigenvalue weighted by atomic mass is 10.2. The Morgan fingerprint density at radius 1 is 1.38 bits per heavy atom. The quantitative estimate of drug-likeness (QED) is 0.764. The Kier molecular flexibility index (Phi) is 6.31. The van der Waals surface area contributed by atoms with Crippen molar-refractivity contribution in [3.8, 4) is 0 Å². The van der Waals surface area contributed by atoms with Gasteiger partial charge in [0.2, 0.25) is 0 Å². The average Bonchev–Trinajstić information content (AvgIpc) is 2.73. The maximum absolute atomic E-state index is 4.49. The van der Waals surface area contributed by atoms with E-state index in [0.29, 0.717) is 11.3 Å². The first kappa shape index (κ1) is 13.9. The maximum atomic E-state index is 4.49. The van der Waals surface area contributed by atoms with Crippen molar-refractivity contribution >= 4 is 23.3 Å². The van der Waals surface area contributed by atoms with Crippen LogP contribution in [0.2, 0.25) is 0 Å². The molecule has 1 aromatic heterocycles. The van der Waals surface area contributed by atoms with Crippen LogP contribution >= 0.6 is 23.3 Å². The van der Waals surface area contributed by atoms with Crippen LogP contribution in [0.15, 0.2) is 4.34 Å². The predicted octanol–water partition coefficient (Wildman–Crippen LogP) is 2.97. The monoisotopic (exact) mass is 259 g/mol. The Morgan fingerprint density at radius 3 is 2.62 bits per heavy atom. The molecule has 0 fully saturated rings. The Morgan fingerprint density at radius 2 is 2.12 bits per heavy atom. The fourth-order valence-corrected chi connectivity index (χ4v) is 3.74. The summed E-state index contributed by atoms with van der Waals surface area (Å²) < 4.78 is 5.41. The summed E-state index contributed by atoms with van der Waals surface area (Å²) in [5.41, 5.74) is 0. The second-order valence-corrected chi connectivity index (χ2v) is 6.10.